The Morgan fingerprint density at radius 3 is 2.38 bits per heavy atom. The van der Waals surface area contributed by atoms with Crippen LogP contribution >= 0.6 is 0 Å². The van der Waals surface area contributed by atoms with E-state index in [9.17, 15) is 8.78 Å². The lowest BCUT2D eigenvalue weighted by atomic mass is 9.89. The molecule has 2 unspecified atom stereocenters. The van der Waals surface area contributed by atoms with E-state index >= 15 is 4.39 Å². The van der Waals surface area contributed by atoms with Gasteiger partial charge in [-0.1, -0.05) is 55.3 Å². The number of rotatable bonds is 5. The summed E-state index contributed by atoms with van der Waals surface area (Å²) in [4.78, 5) is 0. The van der Waals surface area contributed by atoms with E-state index < -0.39 is 23.9 Å². The van der Waals surface area contributed by atoms with E-state index in [2.05, 4.69) is 6.92 Å². The Morgan fingerprint density at radius 2 is 1.81 bits per heavy atom. The molecule has 1 fully saturated rings. The summed E-state index contributed by atoms with van der Waals surface area (Å²) in [6.45, 7) is 4.62. The molecule has 0 bridgehead atoms. The van der Waals surface area contributed by atoms with Crippen molar-refractivity contribution in [2.75, 3.05) is 6.61 Å². The number of ether oxygens (including phenoxy) is 1. The highest BCUT2D eigenvalue weighted by Crippen LogP contribution is 2.40. The van der Waals surface area contributed by atoms with Gasteiger partial charge in [-0.15, -0.1) is 0 Å². The van der Waals surface area contributed by atoms with Crippen LogP contribution < -0.4 is 0 Å². The molecule has 3 rings (SSSR count). The molecule has 2 atom stereocenters. The maximum atomic E-state index is 15.0. The first-order chi connectivity index (χ1) is 12.5. The summed E-state index contributed by atoms with van der Waals surface area (Å²) >= 11 is 0. The smallest absolute Gasteiger partial charge is 0.267 e. The molecular formula is C22H25F3O. The van der Waals surface area contributed by atoms with Crippen molar-refractivity contribution in [1.82, 2.24) is 0 Å². The van der Waals surface area contributed by atoms with Crippen molar-refractivity contribution in [3.63, 3.8) is 0 Å². The topological polar surface area (TPSA) is 9.23 Å². The Bertz CT molecular complexity index is 732. The van der Waals surface area contributed by atoms with Crippen molar-refractivity contribution in [1.29, 1.82) is 0 Å². The first kappa shape index (κ1) is 19.0. The molecule has 140 valence electrons. The second kappa shape index (κ2) is 8.26. The second-order valence-electron chi connectivity index (χ2n) is 7.15. The van der Waals surface area contributed by atoms with E-state index in [1.54, 1.807) is 24.3 Å². The van der Waals surface area contributed by atoms with Gasteiger partial charge in [0, 0.05) is 5.56 Å². The number of halogens is 3. The van der Waals surface area contributed by atoms with E-state index in [4.69, 9.17) is 4.74 Å². The molecule has 1 aliphatic rings. The van der Waals surface area contributed by atoms with Gasteiger partial charge in [0.15, 0.2) is 0 Å². The van der Waals surface area contributed by atoms with Crippen molar-refractivity contribution in [2.24, 2.45) is 5.92 Å². The molecule has 0 aliphatic carbocycles. The summed E-state index contributed by atoms with van der Waals surface area (Å²) in [5.41, 5.74) is 1.61. The van der Waals surface area contributed by atoms with Crippen LogP contribution in [0.2, 0.25) is 0 Å². The largest absolute Gasteiger partial charge is 0.373 e. The van der Waals surface area contributed by atoms with Gasteiger partial charge in [0.25, 0.3) is 6.43 Å². The Balaban J connectivity index is 1.92. The minimum atomic E-state index is -2.87. The zero-order valence-electron chi connectivity index (χ0n) is 15.3. The van der Waals surface area contributed by atoms with Gasteiger partial charge < -0.3 is 4.74 Å². The standard InChI is InChI=1S/C22H25F3O/c1-3-4-15-7-12-19(26-13-15)18-11-10-17(20(21(18)23)22(24)25)16-8-5-14(2)6-9-16/h5-6,8-11,15,19,22H,3-4,7,12-13H2,1-2H3. The van der Waals surface area contributed by atoms with Crippen LogP contribution in [0.4, 0.5) is 13.2 Å². The highest BCUT2D eigenvalue weighted by molar-refractivity contribution is 5.69. The van der Waals surface area contributed by atoms with Gasteiger partial charge in [-0.3, -0.25) is 0 Å². The third-order valence-electron chi connectivity index (χ3n) is 5.20. The monoisotopic (exact) mass is 362 g/mol. The Kier molecular flexibility index (Phi) is 6.02. The summed E-state index contributed by atoms with van der Waals surface area (Å²) < 4.78 is 48.2. The SMILES string of the molecule is CCCC1CCC(c2ccc(-c3ccc(C)cc3)c(C(F)F)c2F)OC1. The van der Waals surface area contributed by atoms with Crippen LogP contribution in [0.15, 0.2) is 36.4 Å². The minimum Gasteiger partial charge on any atom is -0.373 e. The van der Waals surface area contributed by atoms with Crippen LogP contribution in [0, 0.1) is 18.7 Å². The summed E-state index contributed by atoms with van der Waals surface area (Å²) in [6.07, 6.45) is 0.489. The zero-order chi connectivity index (χ0) is 18.7. The zero-order valence-corrected chi connectivity index (χ0v) is 15.3. The summed E-state index contributed by atoms with van der Waals surface area (Å²) in [7, 11) is 0. The van der Waals surface area contributed by atoms with Crippen molar-refractivity contribution < 1.29 is 17.9 Å². The lowest BCUT2D eigenvalue weighted by Crippen LogP contribution is -2.21. The normalized spacial score (nSPS) is 20.5. The number of hydrogen-bond donors (Lipinski definition) is 0. The molecule has 4 heteroatoms. The summed E-state index contributed by atoms with van der Waals surface area (Å²) in [5, 5.41) is 0. The molecule has 1 heterocycles. The Labute approximate surface area is 153 Å². The molecule has 1 nitrogen and oxygen atoms in total. The molecule has 1 saturated heterocycles. The van der Waals surface area contributed by atoms with Gasteiger partial charge in [0.05, 0.1) is 18.3 Å². The van der Waals surface area contributed by atoms with Gasteiger partial charge in [0.2, 0.25) is 0 Å². The molecule has 2 aromatic rings. The van der Waals surface area contributed by atoms with Crippen molar-refractivity contribution in [3.8, 4) is 11.1 Å². The van der Waals surface area contributed by atoms with E-state index in [0.29, 0.717) is 24.5 Å². The number of aryl methyl sites for hydroxylation is 1. The van der Waals surface area contributed by atoms with E-state index in [1.807, 2.05) is 19.1 Å². The molecule has 1 aliphatic heterocycles. The van der Waals surface area contributed by atoms with Crippen LogP contribution in [0.5, 0.6) is 0 Å². The minimum absolute atomic E-state index is 0.251. The van der Waals surface area contributed by atoms with Gasteiger partial charge in [-0.2, -0.15) is 0 Å². The number of benzene rings is 2. The van der Waals surface area contributed by atoms with Crippen LogP contribution in [0.1, 0.15) is 61.8 Å². The third-order valence-corrected chi connectivity index (χ3v) is 5.20. The summed E-state index contributed by atoms with van der Waals surface area (Å²) in [5.74, 6) is -0.335. The average molecular weight is 362 g/mol. The fourth-order valence-corrected chi connectivity index (χ4v) is 3.74. The molecule has 2 aromatic carbocycles. The predicted molar refractivity (Wildman–Crippen MR) is 97.9 cm³/mol. The number of alkyl halides is 2. The molecular weight excluding hydrogens is 337 g/mol. The molecule has 0 saturated carbocycles. The van der Waals surface area contributed by atoms with Crippen LogP contribution in [-0.4, -0.2) is 6.61 Å². The third kappa shape index (κ3) is 3.96. The quantitative estimate of drug-likeness (QED) is 0.556. The van der Waals surface area contributed by atoms with Gasteiger partial charge >= 0.3 is 0 Å². The number of hydrogen-bond acceptors (Lipinski definition) is 1. The van der Waals surface area contributed by atoms with Crippen LogP contribution in [0.25, 0.3) is 11.1 Å². The molecule has 0 radical (unpaired) electrons. The maximum absolute atomic E-state index is 15.0. The van der Waals surface area contributed by atoms with Crippen molar-refractivity contribution in [3.05, 3.63) is 58.9 Å². The maximum Gasteiger partial charge on any atom is 0.267 e. The van der Waals surface area contributed by atoms with Crippen molar-refractivity contribution >= 4 is 0 Å². The van der Waals surface area contributed by atoms with Gasteiger partial charge in [0.1, 0.15) is 5.82 Å². The Hall–Kier alpha value is -1.81. The highest BCUT2D eigenvalue weighted by Gasteiger charge is 2.29. The molecule has 26 heavy (non-hydrogen) atoms. The van der Waals surface area contributed by atoms with E-state index in [1.165, 1.54) is 0 Å². The first-order valence-corrected chi connectivity index (χ1v) is 9.30. The second-order valence-corrected chi connectivity index (χ2v) is 7.15. The highest BCUT2D eigenvalue weighted by atomic mass is 19.3. The van der Waals surface area contributed by atoms with Gasteiger partial charge in [-0.25, -0.2) is 13.2 Å². The lowest BCUT2D eigenvalue weighted by molar-refractivity contribution is -0.0214. The predicted octanol–water partition coefficient (Wildman–Crippen LogP) is 7.01. The van der Waals surface area contributed by atoms with Crippen LogP contribution in [-0.2, 0) is 4.74 Å². The average Bonchev–Trinajstić information content (AvgIpc) is 2.63. The molecule has 0 spiro atoms. The molecule has 0 amide bonds. The lowest BCUT2D eigenvalue weighted by Gasteiger charge is -2.30. The molecule has 0 N–H and O–H groups in total. The summed E-state index contributed by atoms with van der Waals surface area (Å²) in [6, 6.07) is 10.4. The fourth-order valence-electron chi connectivity index (χ4n) is 3.74. The fraction of sp³-hybridized carbons (Fsp3) is 0.455. The van der Waals surface area contributed by atoms with E-state index in [-0.39, 0.29) is 11.1 Å². The first-order valence-electron chi connectivity index (χ1n) is 9.30. The van der Waals surface area contributed by atoms with E-state index in [0.717, 1.165) is 24.8 Å². The molecule has 0 aromatic heterocycles. The van der Waals surface area contributed by atoms with Gasteiger partial charge in [-0.05, 0) is 43.2 Å². The van der Waals surface area contributed by atoms with Crippen molar-refractivity contribution in [2.45, 2.75) is 52.1 Å². The Morgan fingerprint density at radius 1 is 1.08 bits per heavy atom. The van der Waals surface area contributed by atoms with Crippen LogP contribution in [0.3, 0.4) is 0 Å².